The van der Waals surface area contributed by atoms with E-state index < -0.39 is 20.1 Å². The summed E-state index contributed by atoms with van der Waals surface area (Å²) in [7, 11) is -0.435. The molecule has 2 aliphatic heterocycles. The van der Waals surface area contributed by atoms with Gasteiger partial charge in [0.1, 0.15) is 18.5 Å². The van der Waals surface area contributed by atoms with Crippen molar-refractivity contribution in [2.75, 3.05) is 13.7 Å². The van der Waals surface area contributed by atoms with Crippen molar-refractivity contribution in [3.8, 4) is 5.88 Å². The van der Waals surface area contributed by atoms with Crippen LogP contribution in [-0.2, 0) is 13.9 Å². The topological polar surface area (TPSA) is 86.2 Å². The molecule has 2 aliphatic rings. The maximum atomic E-state index is 11.1. The molecule has 8 nitrogen and oxygen atoms in total. The monoisotopic (exact) mass is 411 g/mol. The molecule has 4 atom stereocenters. The lowest BCUT2D eigenvalue weighted by molar-refractivity contribution is -0.220. The molecule has 158 valence electrons. The molecular formula is C19H33N3O5Si. The molecule has 0 aliphatic carbocycles. The highest BCUT2D eigenvalue weighted by molar-refractivity contribution is 6.74. The Hall–Kier alpha value is -1.10. The van der Waals surface area contributed by atoms with E-state index in [1.165, 1.54) is 11.4 Å². The lowest BCUT2D eigenvalue weighted by Gasteiger charge is -2.38. The highest BCUT2D eigenvalue weighted by Gasteiger charge is 2.59. The Morgan fingerprint density at radius 1 is 1.25 bits per heavy atom. The third-order valence-electron chi connectivity index (χ3n) is 6.11. The fourth-order valence-electron chi connectivity index (χ4n) is 3.57. The first kappa shape index (κ1) is 21.6. The summed E-state index contributed by atoms with van der Waals surface area (Å²) < 4.78 is 24.1. The third kappa shape index (κ3) is 3.83. The standard InChI is InChI=1S/C19H33N3O5Si/c1-18(2,3)28(7,8)25-10-13-15-16(27-19(4,5)26-15)14(22(13)23)12-9-20-11-21-17(12)24-6/h9,11,13-16,23H,10H2,1-8H3/t13-,14+,15-,16+/m1/s1. The fourth-order valence-corrected chi connectivity index (χ4v) is 4.59. The number of hydrogen-bond donors (Lipinski definition) is 1. The molecule has 2 saturated heterocycles. The molecule has 28 heavy (non-hydrogen) atoms. The summed E-state index contributed by atoms with van der Waals surface area (Å²) in [6.45, 7) is 15.1. The summed E-state index contributed by atoms with van der Waals surface area (Å²) in [6.07, 6.45) is 2.36. The lowest BCUT2D eigenvalue weighted by Crippen LogP contribution is -2.47. The van der Waals surface area contributed by atoms with Gasteiger partial charge in [0.15, 0.2) is 14.1 Å². The molecular weight excluding hydrogens is 378 g/mol. The average molecular weight is 412 g/mol. The van der Waals surface area contributed by atoms with Gasteiger partial charge in [0, 0.05) is 6.20 Å². The minimum absolute atomic E-state index is 0.0769. The van der Waals surface area contributed by atoms with Crippen LogP contribution in [0.4, 0.5) is 0 Å². The van der Waals surface area contributed by atoms with Crippen molar-refractivity contribution in [1.82, 2.24) is 15.0 Å². The quantitative estimate of drug-likeness (QED) is 0.740. The zero-order chi connectivity index (χ0) is 20.9. The van der Waals surface area contributed by atoms with Crippen LogP contribution in [0.3, 0.4) is 0 Å². The molecule has 2 fully saturated rings. The van der Waals surface area contributed by atoms with Crippen molar-refractivity contribution in [2.24, 2.45) is 0 Å². The van der Waals surface area contributed by atoms with E-state index in [4.69, 9.17) is 18.6 Å². The van der Waals surface area contributed by atoms with Crippen LogP contribution in [-0.4, -0.2) is 66.3 Å². The first-order chi connectivity index (χ1) is 12.9. The number of fused-ring (bicyclic) bond motifs is 1. The van der Waals surface area contributed by atoms with Crippen LogP contribution in [0.25, 0.3) is 0 Å². The van der Waals surface area contributed by atoms with E-state index >= 15 is 0 Å². The van der Waals surface area contributed by atoms with E-state index in [2.05, 4.69) is 43.8 Å². The second kappa shape index (κ2) is 7.30. The minimum Gasteiger partial charge on any atom is -0.481 e. The molecule has 3 heterocycles. The summed E-state index contributed by atoms with van der Waals surface area (Å²) >= 11 is 0. The second-order valence-electron chi connectivity index (χ2n) is 9.52. The molecule has 0 saturated carbocycles. The van der Waals surface area contributed by atoms with Gasteiger partial charge < -0.3 is 23.8 Å². The Labute approximate surface area is 168 Å². The largest absolute Gasteiger partial charge is 0.481 e. The summed E-state index contributed by atoms with van der Waals surface area (Å²) in [4.78, 5) is 8.29. The number of hydroxylamine groups is 2. The van der Waals surface area contributed by atoms with Crippen LogP contribution < -0.4 is 4.74 Å². The molecule has 3 rings (SSSR count). The van der Waals surface area contributed by atoms with Crippen LogP contribution >= 0.6 is 0 Å². The molecule has 1 aromatic heterocycles. The van der Waals surface area contributed by atoms with Gasteiger partial charge in [-0.3, -0.25) is 0 Å². The van der Waals surface area contributed by atoms with Gasteiger partial charge >= 0.3 is 0 Å². The average Bonchev–Trinajstić information content (AvgIpc) is 3.01. The smallest absolute Gasteiger partial charge is 0.221 e. The summed E-state index contributed by atoms with van der Waals surface area (Å²) in [5, 5.41) is 12.4. The summed E-state index contributed by atoms with van der Waals surface area (Å²) in [5.74, 6) is -0.329. The first-order valence-corrected chi connectivity index (χ1v) is 12.6. The van der Waals surface area contributed by atoms with Crippen LogP contribution in [0.2, 0.25) is 18.1 Å². The molecule has 0 radical (unpaired) electrons. The number of nitrogens with zero attached hydrogens (tertiary/aromatic N) is 3. The van der Waals surface area contributed by atoms with Gasteiger partial charge in [0.05, 0.1) is 31.4 Å². The molecule has 0 unspecified atom stereocenters. The number of aromatic nitrogens is 2. The van der Waals surface area contributed by atoms with Gasteiger partial charge in [0.25, 0.3) is 0 Å². The normalized spacial score (nSPS) is 30.5. The molecule has 0 amide bonds. The highest BCUT2D eigenvalue weighted by atomic mass is 28.4. The van der Waals surface area contributed by atoms with Crippen LogP contribution in [0.5, 0.6) is 5.88 Å². The zero-order valence-corrected chi connectivity index (χ0v) is 19.1. The van der Waals surface area contributed by atoms with Crippen LogP contribution in [0.15, 0.2) is 12.5 Å². The molecule has 0 spiro atoms. The zero-order valence-electron chi connectivity index (χ0n) is 18.1. The number of hydrogen-bond acceptors (Lipinski definition) is 8. The SMILES string of the molecule is COc1ncncc1[C@H]1[C@@H]2OC(C)(C)O[C@@H]2[C@@H](CO[Si](C)(C)C(C)(C)C)N1O. The van der Waals surface area contributed by atoms with E-state index in [1.54, 1.807) is 13.3 Å². The maximum Gasteiger partial charge on any atom is 0.221 e. The van der Waals surface area contributed by atoms with Gasteiger partial charge in [-0.1, -0.05) is 20.8 Å². The Morgan fingerprint density at radius 2 is 1.89 bits per heavy atom. The number of methoxy groups -OCH3 is 1. The van der Waals surface area contributed by atoms with Gasteiger partial charge in [0.2, 0.25) is 5.88 Å². The summed E-state index contributed by atoms with van der Waals surface area (Å²) in [6, 6.07) is -0.869. The predicted octanol–water partition coefficient (Wildman–Crippen LogP) is 3.14. The van der Waals surface area contributed by atoms with Crippen molar-refractivity contribution in [2.45, 2.75) is 82.8 Å². The highest BCUT2D eigenvalue weighted by Crippen LogP contribution is 2.48. The maximum absolute atomic E-state index is 11.1. The molecule has 1 N–H and O–H groups in total. The molecule has 1 aromatic rings. The lowest BCUT2D eigenvalue weighted by atomic mass is 10.0. The van der Waals surface area contributed by atoms with E-state index in [-0.39, 0.29) is 23.3 Å². The minimum atomic E-state index is -1.98. The van der Waals surface area contributed by atoms with Gasteiger partial charge in [-0.2, -0.15) is 5.06 Å². The Kier molecular flexibility index (Phi) is 5.63. The van der Waals surface area contributed by atoms with E-state index in [0.29, 0.717) is 18.1 Å². The van der Waals surface area contributed by atoms with E-state index in [9.17, 15) is 5.21 Å². The fraction of sp³-hybridized carbons (Fsp3) is 0.789. The van der Waals surface area contributed by atoms with Gasteiger partial charge in [-0.05, 0) is 32.0 Å². The van der Waals surface area contributed by atoms with E-state index in [1.807, 2.05) is 13.8 Å². The van der Waals surface area contributed by atoms with Crippen LogP contribution in [0.1, 0.15) is 46.2 Å². The van der Waals surface area contributed by atoms with E-state index in [0.717, 1.165) is 0 Å². The Morgan fingerprint density at radius 3 is 2.50 bits per heavy atom. The van der Waals surface area contributed by atoms with Crippen molar-refractivity contribution in [1.29, 1.82) is 0 Å². The third-order valence-corrected chi connectivity index (χ3v) is 10.6. The number of ether oxygens (including phenoxy) is 3. The van der Waals surface area contributed by atoms with Gasteiger partial charge in [-0.15, -0.1) is 0 Å². The van der Waals surface area contributed by atoms with Crippen molar-refractivity contribution < 1.29 is 23.8 Å². The van der Waals surface area contributed by atoms with Crippen molar-refractivity contribution in [3.05, 3.63) is 18.1 Å². The molecule has 0 bridgehead atoms. The Balaban J connectivity index is 1.90. The Bertz CT molecular complexity index is 709. The van der Waals surface area contributed by atoms with Crippen molar-refractivity contribution >= 4 is 8.32 Å². The molecule has 9 heteroatoms. The van der Waals surface area contributed by atoms with Crippen LogP contribution in [0, 0.1) is 0 Å². The molecule has 0 aromatic carbocycles. The van der Waals surface area contributed by atoms with Crippen molar-refractivity contribution in [3.63, 3.8) is 0 Å². The van der Waals surface area contributed by atoms with Gasteiger partial charge in [-0.25, -0.2) is 9.97 Å². The summed E-state index contributed by atoms with van der Waals surface area (Å²) in [5.41, 5.74) is 0.665. The predicted molar refractivity (Wildman–Crippen MR) is 106 cm³/mol. The second-order valence-corrected chi connectivity index (χ2v) is 14.3. The first-order valence-electron chi connectivity index (χ1n) is 9.69. The number of rotatable bonds is 5.